The van der Waals surface area contributed by atoms with Gasteiger partial charge >= 0.3 is 0 Å². The van der Waals surface area contributed by atoms with Crippen LogP contribution in [0.2, 0.25) is 0 Å². The fourth-order valence-electron chi connectivity index (χ4n) is 3.29. The van der Waals surface area contributed by atoms with Crippen LogP contribution in [0, 0.1) is 20.8 Å². The van der Waals surface area contributed by atoms with Crippen molar-refractivity contribution in [3.8, 4) is 0 Å². The third kappa shape index (κ3) is 4.34. The van der Waals surface area contributed by atoms with Crippen LogP contribution < -0.4 is 4.31 Å². The average molecular weight is 411 g/mol. The number of benzene rings is 2. The first kappa shape index (κ1) is 21.4. The van der Waals surface area contributed by atoms with Gasteiger partial charge in [-0.05, 0) is 43.0 Å². The Kier molecular flexibility index (Phi) is 6.03. The lowest BCUT2D eigenvalue weighted by Gasteiger charge is -2.26. The molecule has 2 aromatic rings. The van der Waals surface area contributed by atoms with Crippen molar-refractivity contribution >= 4 is 25.7 Å². The predicted octanol–water partition coefficient (Wildman–Crippen LogP) is 2.83. The zero-order valence-corrected chi connectivity index (χ0v) is 18.1. The largest absolute Gasteiger partial charge is 0.273 e. The van der Waals surface area contributed by atoms with Crippen LogP contribution in [0.15, 0.2) is 41.3 Å². The van der Waals surface area contributed by atoms with Crippen molar-refractivity contribution in [3.05, 3.63) is 58.7 Å². The SMILES string of the molecule is Cc1cc(C)c(S(=O)(=O)N(C)Cc2ccccc2)c(C)c1N(C)S(C)(=O)=O. The van der Waals surface area contributed by atoms with E-state index in [0.29, 0.717) is 22.4 Å². The Hall–Kier alpha value is -1.90. The second-order valence-corrected chi connectivity index (χ2v) is 10.8. The summed E-state index contributed by atoms with van der Waals surface area (Å²) < 4.78 is 53.0. The summed E-state index contributed by atoms with van der Waals surface area (Å²) >= 11 is 0. The van der Waals surface area contributed by atoms with Crippen molar-refractivity contribution in [2.75, 3.05) is 24.7 Å². The number of hydrogen-bond acceptors (Lipinski definition) is 4. The van der Waals surface area contributed by atoms with Crippen LogP contribution in [-0.4, -0.2) is 41.5 Å². The van der Waals surface area contributed by atoms with Crippen LogP contribution in [0.1, 0.15) is 22.3 Å². The lowest BCUT2D eigenvalue weighted by Crippen LogP contribution is -2.30. The summed E-state index contributed by atoms with van der Waals surface area (Å²) in [6, 6.07) is 11.0. The Morgan fingerprint density at radius 2 is 1.44 bits per heavy atom. The molecule has 0 spiro atoms. The Morgan fingerprint density at radius 3 is 1.96 bits per heavy atom. The molecule has 0 unspecified atom stereocenters. The zero-order valence-electron chi connectivity index (χ0n) is 16.5. The lowest BCUT2D eigenvalue weighted by atomic mass is 10.1. The highest BCUT2D eigenvalue weighted by Crippen LogP contribution is 2.34. The standard InChI is InChI=1S/C19H26N2O4S2/c1-14-12-15(2)19(16(3)18(14)21(5)26(6,22)23)27(24,25)20(4)13-17-10-8-7-9-11-17/h7-12H,13H2,1-6H3. The predicted molar refractivity (Wildman–Crippen MR) is 109 cm³/mol. The highest BCUT2D eigenvalue weighted by Gasteiger charge is 2.29. The molecular formula is C19H26N2O4S2. The highest BCUT2D eigenvalue weighted by molar-refractivity contribution is 7.92. The summed E-state index contributed by atoms with van der Waals surface area (Å²) in [6.07, 6.45) is 1.10. The fraction of sp³-hybridized carbons (Fsp3) is 0.368. The molecule has 8 heteroatoms. The number of nitrogens with zero attached hydrogens (tertiary/aromatic N) is 2. The van der Waals surface area contributed by atoms with Crippen LogP contribution in [0.25, 0.3) is 0 Å². The molecule has 148 valence electrons. The van der Waals surface area contributed by atoms with E-state index in [1.54, 1.807) is 26.8 Å². The Morgan fingerprint density at radius 1 is 0.889 bits per heavy atom. The van der Waals surface area contributed by atoms with Gasteiger partial charge in [-0.15, -0.1) is 0 Å². The molecule has 0 aliphatic rings. The van der Waals surface area contributed by atoms with E-state index in [1.165, 1.54) is 18.4 Å². The monoisotopic (exact) mass is 410 g/mol. The fourth-order valence-corrected chi connectivity index (χ4v) is 5.48. The molecule has 2 rings (SSSR count). The third-order valence-corrected chi connectivity index (χ3v) is 7.86. The van der Waals surface area contributed by atoms with Crippen molar-refractivity contribution in [1.82, 2.24) is 4.31 Å². The van der Waals surface area contributed by atoms with E-state index < -0.39 is 20.0 Å². The molecule has 0 amide bonds. The number of aryl methyl sites for hydroxylation is 2. The topological polar surface area (TPSA) is 74.8 Å². The molecular weight excluding hydrogens is 384 g/mol. The zero-order chi connectivity index (χ0) is 20.6. The van der Waals surface area contributed by atoms with E-state index in [-0.39, 0.29) is 11.4 Å². The van der Waals surface area contributed by atoms with Crippen molar-refractivity contribution in [1.29, 1.82) is 0 Å². The van der Waals surface area contributed by atoms with Gasteiger partial charge in [0.05, 0.1) is 16.8 Å². The first-order valence-electron chi connectivity index (χ1n) is 8.42. The summed E-state index contributed by atoms with van der Waals surface area (Å²) in [6.45, 7) is 5.39. The van der Waals surface area contributed by atoms with Crippen LogP contribution in [0.4, 0.5) is 5.69 Å². The van der Waals surface area contributed by atoms with Gasteiger partial charge in [-0.25, -0.2) is 16.8 Å². The quantitative estimate of drug-likeness (QED) is 0.734. The summed E-state index contributed by atoms with van der Waals surface area (Å²) in [5, 5.41) is 0. The van der Waals surface area contributed by atoms with Crippen molar-refractivity contribution in [2.24, 2.45) is 0 Å². The maximum atomic E-state index is 13.3. The van der Waals surface area contributed by atoms with Crippen LogP contribution in [-0.2, 0) is 26.6 Å². The molecule has 27 heavy (non-hydrogen) atoms. The summed E-state index contributed by atoms with van der Waals surface area (Å²) in [5.41, 5.74) is 3.01. The lowest BCUT2D eigenvalue weighted by molar-refractivity contribution is 0.466. The molecule has 0 fully saturated rings. The van der Waals surface area contributed by atoms with E-state index in [0.717, 1.165) is 16.1 Å². The van der Waals surface area contributed by atoms with Gasteiger partial charge in [0.2, 0.25) is 20.0 Å². The maximum Gasteiger partial charge on any atom is 0.243 e. The molecule has 0 atom stereocenters. The van der Waals surface area contributed by atoms with E-state index in [9.17, 15) is 16.8 Å². The Labute approximate surface area is 162 Å². The Bertz CT molecular complexity index is 1050. The smallest absolute Gasteiger partial charge is 0.243 e. The van der Waals surface area contributed by atoms with E-state index in [4.69, 9.17) is 0 Å². The minimum absolute atomic E-state index is 0.150. The van der Waals surface area contributed by atoms with Gasteiger partial charge in [0.1, 0.15) is 0 Å². The van der Waals surface area contributed by atoms with Crippen LogP contribution >= 0.6 is 0 Å². The highest BCUT2D eigenvalue weighted by atomic mass is 32.2. The molecule has 0 aliphatic carbocycles. The summed E-state index contributed by atoms with van der Waals surface area (Å²) in [7, 11) is -4.36. The first-order valence-corrected chi connectivity index (χ1v) is 11.7. The van der Waals surface area contributed by atoms with Crippen molar-refractivity contribution in [2.45, 2.75) is 32.2 Å². The normalized spacial score (nSPS) is 12.4. The van der Waals surface area contributed by atoms with Crippen LogP contribution in [0.3, 0.4) is 0 Å². The summed E-state index contributed by atoms with van der Waals surface area (Å²) in [5.74, 6) is 0. The average Bonchev–Trinajstić information content (AvgIpc) is 2.53. The maximum absolute atomic E-state index is 13.3. The first-order chi connectivity index (χ1) is 12.4. The molecule has 6 nitrogen and oxygen atoms in total. The second-order valence-electron chi connectivity index (χ2n) is 6.79. The van der Waals surface area contributed by atoms with Crippen molar-refractivity contribution < 1.29 is 16.8 Å². The minimum Gasteiger partial charge on any atom is -0.273 e. The number of rotatable bonds is 6. The van der Waals surface area contributed by atoms with Crippen molar-refractivity contribution in [3.63, 3.8) is 0 Å². The van der Waals surface area contributed by atoms with E-state index in [2.05, 4.69) is 0 Å². The van der Waals surface area contributed by atoms with Gasteiger partial charge in [0, 0.05) is 20.6 Å². The van der Waals surface area contributed by atoms with Gasteiger partial charge in [0.15, 0.2) is 0 Å². The molecule has 0 saturated carbocycles. The molecule has 0 aliphatic heterocycles. The number of anilines is 1. The second kappa shape index (κ2) is 7.61. The molecule has 0 saturated heterocycles. The molecule has 2 aromatic carbocycles. The number of sulfonamides is 2. The Balaban J connectivity index is 2.60. The molecule has 0 radical (unpaired) electrons. The molecule has 0 bridgehead atoms. The number of hydrogen-bond donors (Lipinski definition) is 0. The van der Waals surface area contributed by atoms with Gasteiger partial charge in [-0.1, -0.05) is 36.4 Å². The minimum atomic E-state index is -3.80. The third-order valence-electron chi connectivity index (χ3n) is 4.59. The van der Waals surface area contributed by atoms with Gasteiger partial charge in [0.25, 0.3) is 0 Å². The molecule has 0 N–H and O–H groups in total. The molecule has 0 aromatic heterocycles. The molecule has 0 heterocycles. The van der Waals surface area contributed by atoms with E-state index in [1.807, 2.05) is 30.3 Å². The van der Waals surface area contributed by atoms with Gasteiger partial charge < -0.3 is 0 Å². The van der Waals surface area contributed by atoms with E-state index >= 15 is 0 Å². The van der Waals surface area contributed by atoms with Crippen LogP contribution in [0.5, 0.6) is 0 Å². The summed E-state index contributed by atoms with van der Waals surface area (Å²) in [4.78, 5) is 0.150. The van der Waals surface area contributed by atoms with Gasteiger partial charge in [-0.2, -0.15) is 4.31 Å². The van der Waals surface area contributed by atoms with Gasteiger partial charge in [-0.3, -0.25) is 4.31 Å².